The summed E-state index contributed by atoms with van der Waals surface area (Å²) in [6, 6.07) is 8.28. The van der Waals surface area contributed by atoms with Gasteiger partial charge in [0, 0.05) is 45.4 Å². The van der Waals surface area contributed by atoms with Crippen molar-refractivity contribution in [2.45, 2.75) is 18.9 Å². The molecule has 0 aliphatic carbocycles. The van der Waals surface area contributed by atoms with Crippen LogP contribution in [0.3, 0.4) is 0 Å². The van der Waals surface area contributed by atoms with Crippen molar-refractivity contribution in [3.05, 3.63) is 48.0 Å². The van der Waals surface area contributed by atoms with Crippen LogP contribution in [-0.4, -0.2) is 28.7 Å². The Morgan fingerprint density at radius 3 is 3.11 bits per heavy atom. The van der Waals surface area contributed by atoms with Crippen LogP contribution in [0.15, 0.2) is 36.7 Å². The highest BCUT2D eigenvalue weighted by atomic mass is 16.5. The van der Waals surface area contributed by atoms with Gasteiger partial charge in [-0.2, -0.15) is 0 Å². The molecule has 0 spiro atoms. The monoisotopic (exact) mass is 257 g/mol. The molecule has 1 atom stereocenters. The van der Waals surface area contributed by atoms with Crippen molar-refractivity contribution in [2.24, 2.45) is 7.05 Å². The van der Waals surface area contributed by atoms with Gasteiger partial charge in [0.25, 0.3) is 0 Å². The Morgan fingerprint density at radius 2 is 2.32 bits per heavy atom. The fraction of sp³-hybridized carbons (Fsp3) is 0.400. The molecule has 4 heteroatoms. The zero-order valence-corrected chi connectivity index (χ0v) is 11.2. The lowest BCUT2D eigenvalue weighted by atomic mass is 10.1. The minimum absolute atomic E-state index is 0.263. The molecule has 100 valence electrons. The summed E-state index contributed by atoms with van der Waals surface area (Å²) < 4.78 is 7.94. The number of imidazole rings is 1. The molecule has 2 heterocycles. The minimum atomic E-state index is 0.263. The van der Waals surface area contributed by atoms with Crippen LogP contribution in [0.2, 0.25) is 0 Å². The summed E-state index contributed by atoms with van der Waals surface area (Å²) in [6.07, 6.45) is 6.03. The number of fused-ring (bicyclic) bond motifs is 1. The third-order valence-corrected chi connectivity index (χ3v) is 3.53. The molecule has 0 saturated heterocycles. The second-order valence-electron chi connectivity index (χ2n) is 4.96. The van der Waals surface area contributed by atoms with Crippen LogP contribution in [-0.2, 0) is 19.9 Å². The van der Waals surface area contributed by atoms with E-state index < -0.39 is 0 Å². The predicted octanol–water partition coefficient (Wildman–Crippen LogP) is 1.56. The molecule has 2 aromatic rings. The van der Waals surface area contributed by atoms with E-state index in [9.17, 15) is 0 Å². The molecule has 19 heavy (non-hydrogen) atoms. The van der Waals surface area contributed by atoms with Gasteiger partial charge in [-0.15, -0.1) is 0 Å². The Hall–Kier alpha value is -1.81. The van der Waals surface area contributed by atoms with E-state index in [0.29, 0.717) is 0 Å². The van der Waals surface area contributed by atoms with Gasteiger partial charge in [-0.3, -0.25) is 0 Å². The van der Waals surface area contributed by atoms with E-state index in [1.807, 2.05) is 31.6 Å². The zero-order chi connectivity index (χ0) is 13.1. The Kier molecular flexibility index (Phi) is 3.51. The number of rotatable bonds is 5. The highest BCUT2D eigenvalue weighted by Crippen LogP contribution is 2.27. The normalized spacial score (nSPS) is 17.2. The first-order valence-electron chi connectivity index (χ1n) is 6.74. The second-order valence-corrected chi connectivity index (χ2v) is 4.96. The number of benzene rings is 1. The van der Waals surface area contributed by atoms with Crippen molar-refractivity contribution in [3.8, 4) is 5.75 Å². The topological polar surface area (TPSA) is 39.1 Å². The first-order valence-corrected chi connectivity index (χ1v) is 6.74. The van der Waals surface area contributed by atoms with Gasteiger partial charge in [0.1, 0.15) is 17.7 Å². The van der Waals surface area contributed by atoms with E-state index in [-0.39, 0.29) is 6.10 Å². The number of hydrogen-bond acceptors (Lipinski definition) is 3. The van der Waals surface area contributed by atoms with E-state index in [0.717, 1.165) is 37.5 Å². The predicted molar refractivity (Wildman–Crippen MR) is 74.3 cm³/mol. The molecule has 1 unspecified atom stereocenters. The number of ether oxygens (including phenoxy) is 1. The molecule has 1 aliphatic heterocycles. The Balaban J connectivity index is 1.42. The number of nitrogens with zero attached hydrogens (tertiary/aromatic N) is 2. The second kappa shape index (κ2) is 5.45. The lowest BCUT2D eigenvalue weighted by Gasteiger charge is -2.11. The van der Waals surface area contributed by atoms with Gasteiger partial charge in [0.15, 0.2) is 0 Å². The number of aryl methyl sites for hydroxylation is 1. The van der Waals surface area contributed by atoms with Crippen LogP contribution >= 0.6 is 0 Å². The SMILES string of the molecule is Cn1ccnc1CCNCC1Cc2ccccc2O1. The fourth-order valence-corrected chi connectivity index (χ4v) is 2.47. The quantitative estimate of drug-likeness (QED) is 0.826. The Labute approximate surface area is 113 Å². The van der Waals surface area contributed by atoms with Crippen LogP contribution in [0, 0.1) is 0 Å². The lowest BCUT2D eigenvalue weighted by Crippen LogP contribution is -2.31. The summed E-state index contributed by atoms with van der Waals surface area (Å²) in [4.78, 5) is 4.31. The standard InChI is InChI=1S/C15H19N3O/c1-18-9-8-17-15(18)6-7-16-11-13-10-12-4-2-3-5-14(12)19-13/h2-5,8-9,13,16H,6-7,10-11H2,1H3. The third kappa shape index (κ3) is 2.79. The number of nitrogens with one attached hydrogen (secondary N) is 1. The van der Waals surface area contributed by atoms with E-state index >= 15 is 0 Å². The maximum absolute atomic E-state index is 5.88. The largest absolute Gasteiger partial charge is 0.488 e. The minimum Gasteiger partial charge on any atom is -0.488 e. The average molecular weight is 257 g/mol. The molecule has 0 radical (unpaired) electrons. The first kappa shape index (κ1) is 12.2. The summed E-state index contributed by atoms with van der Waals surface area (Å²) in [5.41, 5.74) is 1.32. The highest BCUT2D eigenvalue weighted by molar-refractivity contribution is 5.37. The van der Waals surface area contributed by atoms with E-state index in [2.05, 4.69) is 27.0 Å². The third-order valence-electron chi connectivity index (χ3n) is 3.53. The Bertz CT molecular complexity index is 525. The van der Waals surface area contributed by atoms with E-state index in [4.69, 9.17) is 4.74 Å². The summed E-state index contributed by atoms with van der Waals surface area (Å²) >= 11 is 0. The maximum Gasteiger partial charge on any atom is 0.123 e. The van der Waals surface area contributed by atoms with Gasteiger partial charge in [-0.25, -0.2) is 4.98 Å². The average Bonchev–Trinajstić information content (AvgIpc) is 3.00. The maximum atomic E-state index is 5.88. The molecule has 1 aliphatic rings. The van der Waals surface area contributed by atoms with Crippen molar-refractivity contribution in [1.82, 2.24) is 14.9 Å². The molecule has 0 amide bonds. The smallest absolute Gasteiger partial charge is 0.123 e. The molecule has 0 bridgehead atoms. The molecule has 4 nitrogen and oxygen atoms in total. The van der Waals surface area contributed by atoms with Crippen molar-refractivity contribution in [3.63, 3.8) is 0 Å². The molecule has 1 N–H and O–H groups in total. The molecule has 0 fully saturated rings. The molecular formula is C15H19N3O. The van der Waals surface area contributed by atoms with Gasteiger partial charge in [-0.05, 0) is 11.6 Å². The first-order chi connectivity index (χ1) is 9.33. The molecule has 1 aromatic carbocycles. The summed E-state index contributed by atoms with van der Waals surface area (Å²) in [5, 5.41) is 3.45. The fourth-order valence-electron chi connectivity index (χ4n) is 2.47. The van der Waals surface area contributed by atoms with Gasteiger partial charge >= 0.3 is 0 Å². The van der Waals surface area contributed by atoms with E-state index in [1.54, 1.807) is 0 Å². The molecular weight excluding hydrogens is 238 g/mol. The van der Waals surface area contributed by atoms with Crippen molar-refractivity contribution in [2.75, 3.05) is 13.1 Å². The summed E-state index contributed by atoms with van der Waals surface area (Å²) in [5.74, 6) is 2.15. The molecule has 0 saturated carbocycles. The van der Waals surface area contributed by atoms with Crippen LogP contribution in [0.25, 0.3) is 0 Å². The number of aromatic nitrogens is 2. The van der Waals surface area contributed by atoms with Gasteiger partial charge in [0.05, 0.1) is 0 Å². The van der Waals surface area contributed by atoms with Crippen LogP contribution in [0.5, 0.6) is 5.75 Å². The molecule has 3 rings (SSSR count). The van der Waals surface area contributed by atoms with E-state index in [1.165, 1.54) is 5.56 Å². The summed E-state index contributed by atoms with van der Waals surface area (Å²) in [6.45, 7) is 1.82. The van der Waals surface area contributed by atoms with Gasteiger partial charge in [0.2, 0.25) is 0 Å². The van der Waals surface area contributed by atoms with Crippen molar-refractivity contribution < 1.29 is 4.74 Å². The highest BCUT2D eigenvalue weighted by Gasteiger charge is 2.21. The zero-order valence-electron chi connectivity index (χ0n) is 11.2. The van der Waals surface area contributed by atoms with Crippen molar-refractivity contribution >= 4 is 0 Å². The van der Waals surface area contributed by atoms with Crippen LogP contribution < -0.4 is 10.1 Å². The number of hydrogen-bond donors (Lipinski definition) is 1. The summed E-state index contributed by atoms with van der Waals surface area (Å²) in [7, 11) is 2.03. The lowest BCUT2D eigenvalue weighted by molar-refractivity contribution is 0.228. The van der Waals surface area contributed by atoms with Crippen LogP contribution in [0.4, 0.5) is 0 Å². The van der Waals surface area contributed by atoms with Crippen LogP contribution in [0.1, 0.15) is 11.4 Å². The van der Waals surface area contributed by atoms with Gasteiger partial charge < -0.3 is 14.6 Å². The molecule has 1 aromatic heterocycles. The van der Waals surface area contributed by atoms with Crippen molar-refractivity contribution in [1.29, 1.82) is 0 Å². The van der Waals surface area contributed by atoms with Gasteiger partial charge in [-0.1, -0.05) is 18.2 Å². The number of para-hydroxylation sites is 1. The Morgan fingerprint density at radius 1 is 1.42 bits per heavy atom.